The Morgan fingerprint density at radius 3 is 3.00 bits per heavy atom. The van der Waals surface area contributed by atoms with Gasteiger partial charge in [0.1, 0.15) is 17.3 Å². The molecular weight excluding hydrogens is 232 g/mol. The van der Waals surface area contributed by atoms with Gasteiger partial charge in [-0.05, 0) is 0 Å². The van der Waals surface area contributed by atoms with Crippen LogP contribution in [0.25, 0.3) is 0 Å². The van der Waals surface area contributed by atoms with Crippen LogP contribution in [-0.2, 0) is 4.79 Å². The van der Waals surface area contributed by atoms with Gasteiger partial charge in [0, 0.05) is 13.1 Å². The van der Waals surface area contributed by atoms with E-state index in [1.807, 2.05) is 0 Å². The zero-order valence-electron chi connectivity index (χ0n) is 8.31. The van der Waals surface area contributed by atoms with Gasteiger partial charge < -0.3 is 10.2 Å². The fraction of sp³-hybridized carbons (Fsp3) is 0.333. The lowest BCUT2D eigenvalue weighted by molar-refractivity contribution is -0.120. The average Bonchev–Trinajstić information content (AvgIpc) is 2.28. The van der Waals surface area contributed by atoms with Crippen LogP contribution in [0.3, 0.4) is 0 Å². The number of piperazine rings is 1. The van der Waals surface area contributed by atoms with Gasteiger partial charge in [0.2, 0.25) is 5.91 Å². The maximum absolute atomic E-state index is 11.2. The Balaban J connectivity index is 2.35. The zero-order valence-corrected chi connectivity index (χ0v) is 9.07. The van der Waals surface area contributed by atoms with Crippen LogP contribution in [0.5, 0.6) is 0 Å². The quantitative estimate of drug-likeness (QED) is 0.576. The summed E-state index contributed by atoms with van der Waals surface area (Å²) in [5.41, 5.74) is 0.221. The van der Waals surface area contributed by atoms with Crippen molar-refractivity contribution in [2.24, 2.45) is 0 Å². The predicted molar refractivity (Wildman–Crippen MR) is 57.7 cm³/mol. The molecule has 1 aromatic rings. The summed E-state index contributed by atoms with van der Waals surface area (Å²) in [6.45, 7) is 1.30. The lowest BCUT2D eigenvalue weighted by Gasteiger charge is -2.28. The molecule has 2 rings (SSSR count). The Morgan fingerprint density at radius 2 is 2.31 bits per heavy atom. The summed E-state index contributed by atoms with van der Waals surface area (Å²) in [6, 6.07) is 0. The summed E-state index contributed by atoms with van der Waals surface area (Å²) in [7, 11) is 0. The van der Waals surface area contributed by atoms with Crippen molar-refractivity contribution in [1.29, 1.82) is 0 Å². The molecule has 1 aliphatic rings. The highest BCUT2D eigenvalue weighted by atomic mass is 35.5. The highest BCUT2D eigenvalue weighted by Gasteiger charge is 2.21. The molecule has 7 heteroatoms. The molecule has 0 saturated carbocycles. The molecule has 1 N–H and O–H groups in total. The molecule has 0 aromatic carbocycles. The number of carbonyl (C=O) groups is 2. The number of anilines is 1. The predicted octanol–water partition coefficient (Wildman–Crippen LogP) is -0.121. The fourth-order valence-corrected chi connectivity index (χ4v) is 1.71. The molecule has 6 nitrogen and oxygen atoms in total. The van der Waals surface area contributed by atoms with E-state index >= 15 is 0 Å². The van der Waals surface area contributed by atoms with Crippen molar-refractivity contribution in [2.45, 2.75) is 0 Å². The number of aldehydes is 1. The standard InChI is InChI=1S/C9H9ClN4O2/c10-8-6(4-15)9(13-5-12-8)14-2-1-11-7(16)3-14/h4-5H,1-3H2,(H,11,16). The second-order valence-corrected chi connectivity index (χ2v) is 3.65. The minimum atomic E-state index is -0.0992. The lowest BCUT2D eigenvalue weighted by atomic mass is 10.2. The summed E-state index contributed by atoms with van der Waals surface area (Å²) < 4.78 is 0. The number of nitrogens with one attached hydrogen (secondary N) is 1. The lowest BCUT2D eigenvalue weighted by Crippen LogP contribution is -2.48. The minimum Gasteiger partial charge on any atom is -0.353 e. The molecule has 1 aromatic heterocycles. The molecule has 0 aliphatic carbocycles. The van der Waals surface area contributed by atoms with Gasteiger partial charge in [0.25, 0.3) is 0 Å². The molecule has 1 aliphatic heterocycles. The van der Waals surface area contributed by atoms with Crippen molar-refractivity contribution in [1.82, 2.24) is 15.3 Å². The van der Waals surface area contributed by atoms with E-state index in [4.69, 9.17) is 11.6 Å². The van der Waals surface area contributed by atoms with E-state index in [1.165, 1.54) is 6.33 Å². The van der Waals surface area contributed by atoms with Crippen LogP contribution in [0, 0.1) is 0 Å². The molecular formula is C9H9ClN4O2. The molecule has 0 bridgehead atoms. The number of amides is 1. The Morgan fingerprint density at radius 1 is 1.50 bits per heavy atom. The van der Waals surface area contributed by atoms with E-state index < -0.39 is 0 Å². The molecule has 1 amide bonds. The topological polar surface area (TPSA) is 75.2 Å². The van der Waals surface area contributed by atoms with E-state index in [9.17, 15) is 9.59 Å². The number of hydrogen-bond acceptors (Lipinski definition) is 5. The van der Waals surface area contributed by atoms with Crippen LogP contribution in [-0.4, -0.2) is 41.8 Å². The summed E-state index contributed by atoms with van der Waals surface area (Å²) in [4.78, 5) is 31.5. The smallest absolute Gasteiger partial charge is 0.239 e. The highest BCUT2D eigenvalue weighted by Crippen LogP contribution is 2.21. The fourth-order valence-electron chi connectivity index (χ4n) is 1.54. The third kappa shape index (κ3) is 1.96. The first-order valence-electron chi connectivity index (χ1n) is 4.69. The van der Waals surface area contributed by atoms with Gasteiger partial charge in [0.15, 0.2) is 6.29 Å². The Hall–Kier alpha value is -1.69. The first-order valence-corrected chi connectivity index (χ1v) is 5.07. The normalized spacial score (nSPS) is 15.8. The van der Waals surface area contributed by atoms with Crippen molar-refractivity contribution < 1.29 is 9.59 Å². The van der Waals surface area contributed by atoms with Gasteiger partial charge >= 0.3 is 0 Å². The third-order valence-corrected chi connectivity index (χ3v) is 2.57. The van der Waals surface area contributed by atoms with Crippen molar-refractivity contribution in [3.05, 3.63) is 17.0 Å². The zero-order chi connectivity index (χ0) is 11.5. The maximum atomic E-state index is 11.2. The molecule has 0 radical (unpaired) electrons. The second kappa shape index (κ2) is 4.44. The monoisotopic (exact) mass is 240 g/mol. The van der Waals surface area contributed by atoms with Gasteiger partial charge in [-0.15, -0.1) is 0 Å². The van der Waals surface area contributed by atoms with Crippen molar-refractivity contribution >= 4 is 29.6 Å². The minimum absolute atomic E-state index is 0.0992. The number of carbonyl (C=O) groups excluding carboxylic acids is 2. The number of nitrogens with zero attached hydrogens (tertiary/aromatic N) is 3. The molecule has 2 heterocycles. The number of aromatic nitrogens is 2. The van der Waals surface area contributed by atoms with Crippen molar-refractivity contribution in [2.75, 3.05) is 24.5 Å². The van der Waals surface area contributed by atoms with Crippen LogP contribution in [0.2, 0.25) is 5.15 Å². The Kier molecular flexibility index (Phi) is 3.00. The maximum Gasteiger partial charge on any atom is 0.239 e. The SMILES string of the molecule is O=Cc1c(Cl)ncnc1N1CCNC(=O)C1. The second-order valence-electron chi connectivity index (χ2n) is 3.29. The molecule has 16 heavy (non-hydrogen) atoms. The van der Waals surface area contributed by atoms with Gasteiger partial charge in [-0.1, -0.05) is 11.6 Å². The summed E-state index contributed by atoms with van der Waals surface area (Å²) >= 11 is 5.78. The molecule has 1 fully saturated rings. The van der Waals surface area contributed by atoms with E-state index in [1.54, 1.807) is 4.90 Å². The molecule has 0 spiro atoms. The van der Waals surface area contributed by atoms with Crippen LogP contribution >= 0.6 is 11.6 Å². The van der Waals surface area contributed by atoms with Crippen molar-refractivity contribution in [3.8, 4) is 0 Å². The van der Waals surface area contributed by atoms with Crippen molar-refractivity contribution in [3.63, 3.8) is 0 Å². The number of rotatable bonds is 2. The van der Waals surface area contributed by atoms with E-state index in [0.29, 0.717) is 25.2 Å². The van der Waals surface area contributed by atoms with Crippen LogP contribution in [0.1, 0.15) is 10.4 Å². The highest BCUT2D eigenvalue weighted by molar-refractivity contribution is 6.32. The van der Waals surface area contributed by atoms with E-state index in [2.05, 4.69) is 15.3 Å². The number of halogens is 1. The van der Waals surface area contributed by atoms with Gasteiger partial charge in [-0.3, -0.25) is 9.59 Å². The Bertz CT molecular complexity index is 438. The molecule has 0 atom stereocenters. The number of hydrogen-bond donors (Lipinski definition) is 1. The van der Waals surface area contributed by atoms with Crippen LogP contribution in [0.15, 0.2) is 6.33 Å². The van der Waals surface area contributed by atoms with Gasteiger partial charge in [-0.25, -0.2) is 9.97 Å². The first-order chi connectivity index (χ1) is 7.72. The molecule has 1 saturated heterocycles. The summed E-state index contributed by atoms with van der Waals surface area (Å²) in [5.74, 6) is 0.308. The average molecular weight is 241 g/mol. The third-order valence-electron chi connectivity index (χ3n) is 2.27. The van der Waals surface area contributed by atoms with Crippen LogP contribution < -0.4 is 10.2 Å². The van der Waals surface area contributed by atoms with Gasteiger partial charge in [-0.2, -0.15) is 0 Å². The summed E-state index contributed by atoms with van der Waals surface area (Å²) in [5, 5.41) is 2.79. The first kappa shape index (κ1) is 10.8. The van der Waals surface area contributed by atoms with Crippen LogP contribution in [0.4, 0.5) is 5.82 Å². The van der Waals surface area contributed by atoms with Gasteiger partial charge in [0.05, 0.1) is 12.1 Å². The van der Waals surface area contributed by atoms with E-state index in [-0.39, 0.29) is 23.2 Å². The molecule has 84 valence electrons. The molecule has 0 unspecified atom stereocenters. The summed E-state index contributed by atoms with van der Waals surface area (Å²) in [6.07, 6.45) is 1.88. The van der Waals surface area contributed by atoms with E-state index in [0.717, 1.165) is 0 Å². The largest absolute Gasteiger partial charge is 0.353 e. The Labute approximate surface area is 96.6 Å².